The molecule has 0 N–H and O–H groups in total. The molecule has 0 fully saturated rings. The zero-order chi connectivity index (χ0) is 33.0. The first-order valence-corrected chi connectivity index (χ1v) is 16.8. The summed E-state index contributed by atoms with van der Waals surface area (Å²) < 4.78 is 4.36. The maximum absolute atomic E-state index is 5.31. The Morgan fingerprint density at radius 1 is 0.280 bits per heavy atom. The van der Waals surface area contributed by atoms with E-state index in [1.807, 2.05) is 18.2 Å². The monoisotopic (exact) mass is 639 g/mol. The Balaban J connectivity index is 1.25. The summed E-state index contributed by atoms with van der Waals surface area (Å²) in [5, 5.41) is 4.59. The summed E-state index contributed by atoms with van der Waals surface area (Å²) in [5.74, 6) is 1.75. The van der Waals surface area contributed by atoms with Gasteiger partial charge in [-0.05, 0) is 58.7 Å². The highest BCUT2D eigenvalue weighted by atomic mass is 15.3. The fraction of sp³-hybridized carbons (Fsp3) is 0. The summed E-state index contributed by atoms with van der Waals surface area (Å²) in [4.78, 5) is 15.7. The average molecular weight is 640 g/mol. The van der Waals surface area contributed by atoms with Crippen LogP contribution in [0.25, 0.3) is 89.2 Å². The average Bonchev–Trinajstić information content (AvgIpc) is 3.71. The second-order valence-electron chi connectivity index (χ2n) is 12.5. The standard InChI is InChI=1S/C45H29N5/c1-4-14-30(15-5-1)33-24-26-41-37(28-33)35-20-10-12-22-39(35)49(41)44-46-43(32-18-8-3-9-19-32)47-45(48-44)50-40-23-13-11-21-36(40)38-29-34(25-27-42(38)50)31-16-6-2-7-17-31/h1-29H. The van der Waals surface area contributed by atoms with Gasteiger partial charge < -0.3 is 0 Å². The number of rotatable bonds is 5. The molecule has 0 saturated carbocycles. The second-order valence-corrected chi connectivity index (χ2v) is 12.5. The number of nitrogens with zero attached hydrogens (tertiary/aromatic N) is 5. The van der Waals surface area contributed by atoms with E-state index >= 15 is 0 Å². The van der Waals surface area contributed by atoms with Crippen LogP contribution in [0.15, 0.2) is 176 Å². The Kier molecular flexibility index (Phi) is 6.42. The molecule has 0 atom stereocenters. The number of para-hydroxylation sites is 2. The number of hydrogen-bond donors (Lipinski definition) is 0. The van der Waals surface area contributed by atoms with Crippen molar-refractivity contribution in [3.05, 3.63) is 176 Å². The number of benzene rings is 7. The van der Waals surface area contributed by atoms with Crippen molar-refractivity contribution in [2.75, 3.05) is 0 Å². The molecule has 50 heavy (non-hydrogen) atoms. The van der Waals surface area contributed by atoms with Crippen molar-refractivity contribution >= 4 is 43.6 Å². The molecule has 3 aromatic heterocycles. The van der Waals surface area contributed by atoms with Crippen molar-refractivity contribution in [1.29, 1.82) is 0 Å². The van der Waals surface area contributed by atoms with E-state index in [9.17, 15) is 0 Å². The third-order valence-electron chi connectivity index (χ3n) is 9.60. The minimum absolute atomic E-state index is 0.569. The zero-order valence-electron chi connectivity index (χ0n) is 27.0. The molecule has 0 radical (unpaired) electrons. The van der Waals surface area contributed by atoms with Gasteiger partial charge in [0.1, 0.15) is 0 Å². The number of aromatic nitrogens is 5. The van der Waals surface area contributed by atoms with E-state index in [-0.39, 0.29) is 0 Å². The first-order valence-electron chi connectivity index (χ1n) is 16.8. The summed E-state index contributed by atoms with van der Waals surface area (Å²) >= 11 is 0. The van der Waals surface area contributed by atoms with E-state index in [4.69, 9.17) is 15.0 Å². The van der Waals surface area contributed by atoms with Crippen LogP contribution in [0.5, 0.6) is 0 Å². The summed E-state index contributed by atoms with van der Waals surface area (Å²) in [6, 6.07) is 61.5. The summed E-state index contributed by atoms with van der Waals surface area (Å²) in [5.41, 5.74) is 9.79. The van der Waals surface area contributed by atoms with Gasteiger partial charge in [-0.1, -0.05) is 140 Å². The zero-order valence-corrected chi connectivity index (χ0v) is 27.0. The molecule has 10 aromatic rings. The van der Waals surface area contributed by atoms with Gasteiger partial charge in [-0.15, -0.1) is 0 Å². The first-order chi connectivity index (χ1) is 24.8. The van der Waals surface area contributed by atoms with Gasteiger partial charge >= 0.3 is 0 Å². The Bertz CT molecular complexity index is 2680. The molecule has 0 bridgehead atoms. The quantitative estimate of drug-likeness (QED) is 0.188. The fourth-order valence-corrected chi connectivity index (χ4v) is 7.27. The van der Waals surface area contributed by atoms with Crippen molar-refractivity contribution in [3.63, 3.8) is 0 Å². The van der Waals surface area contributed by atoms with Crippen LogP contribution in [0.2, 0.25) is 0 Å². The van der Waals surface area contributed by atoms with Gasteiger partial charge in [-0.2, -0.15) is 15.0 Å². The van der Waals surface area contributed by atoms with Gasteiger partial charge in [0.05, 0.1) is 22.1 Å². The van der Waals surface area contributed by atoms with Crippen LogP contribution in [-0.2, 0) is 0 Å². The SMILES string of the molecule is c1ccc(-c2ccc3c(c2)c2ccccc2n3-c2nc(-c3ccccc3)nc(-n3c4ccccc4c4cc(-c5ccccc5)ccc43)n2)cc1. The third-order valence-corrected chi connectivity index (χ3v) is 9.60. The van der Waals surface area contributed by atoms with Gasteiger partial charge in [0.2, 0.25) is 11.9 Å². The maximum Gasteiger partial charge on any atom is 0.240 e. The van der Waals surface area contributed by atoms with E-state index in [1.54, 1.807) is 0 Å². The molecule has 0 aliphatic rings. The largest absolute Gasteiger partial charge is 0.278 e. The predicted octanol–water partition coefficient (Wildman–Crippen LogP) is 11.1. The van der Waals surface area contributed by atoms with Crippen molar-refractivity contribution < 1.29 is 0 Å². The van der Waals surface area contributed by atoms with E-state index in [2.05, 4.69) is 167 Å². The van der Waals surface area contributed by atoms with Crippen molar-refractivity contribution in [2.45, 2.75) is 0 Å². The normalized spacial score (nSPS) is 11.6. The van der Waals surface area contributed by atoms with E-state index < -0.39 is 0 Å². The topological polar surface area (TPSA) is 48.5 Å². The van der Waals surface area contributed by atoms with Gasteiger partial charge in [-0.3, -0.25) is 9.13 Å². The van der Waals surface area contributed by atoms with Crippen molar-refractivity contribution in [1.82, 2.24) is 24.1 Å². The Hall–Kier alpha value is -6.85. The molecule has 0 unspecified atom stereocenters. The van der Waals surface area contributed by atoms with Crippen LogP contribution < -0.4 is 0 Å². The van der Waals surface area contributed by atoms with Crippen molar-refractivity contribution in [2.24, 2.45) is 0 Å². The highest BCUT2D eigenvalue weighted by molar-refractivity contribution is 6.11. The first kappa shape index (κ1) is 28.2. The maximum atomic E-state index is 5.31. The summed E-state index contributed by atoms with van der Waals surface area (Å²) in [6.45, 7) is 0. The number of fused-ring (bicyclic) bond motifs is 6. The molecular formula is C45H29N5. The van der Waals surface area contributed by atoms with Crippen LogP contribution in [0.1, 0.15) is 0 Å². The molecule has 0 spiro atoms. The van der Waals surface area contributed by atoms with Crippen LogP contribution >= 0.6 is 0 Å². The molecule has 0 aliphatic carbocycles. The van der Waals surface area contributed by atoms with Crippen LogP contribution in [-0.4, -0.2) is 24.1 Å². The lowest BCUT2D eigenvalue weighted by molar-refractivity contribution is 0.893. The molecule has 3 heterocycles. The highest BCUT2D eigenvalue weighted by Crippen LogP contribution is 2.37. The lowest BCUT2D eigenvalue weighted by Crippen LogP contribution is -2.10. The predicted molar refractivity (Wildman–Crippen MR) is 205 cm³/mol. The molecule has 10 rings (SSSR count). The smallest absolute Gasteiger partial charge is 0.240 e. The Labute approximate surface area is 288 Å². The van der Waals surface area contributed by atoms with E-state index in [0.717, 1.165) is 49.2 Å². The lowest BCUT2D eigenvalue weighted by atomic mass is 10.0. The molecule has 5 nitrogen and oxygen atoms in total. The van der Waals surface area contributed by atoms with Gasteiger partial charge in [0.25, 0.3) is 0 Å². The van der Waals surface area contributed by atoms with E-state index in [1.165, 1.54) is 22.3 Å². The number of hydrogen-bond acceptors (Lipinski definition) is 3. The molecule has 0 amide bonds. The van der Waals surface area contributed by atoms with Crippen LogP contribution in [0.4, 0.5) is 0 Å². The molecule has 7 aromatic carbocycles. The highest BCUT2D eigenvalue weighted by Gasteiger charge is 2.21. The lowest BCUT2D eigenvalue weighted by Gasteiger charge is -2.13. The Morgan fingerprint density at radius 3 is 1.12 bits per heavy atom. The minimum Gasteiger partial charge on any atom is -0.278 e. The molecule has 0 saturated heterocycles. The van der Waals surface area contributed by atoms with Crippen LogP contribution in [0.3, 0.4) is 0 Å². The third kappa shape index (κ3) is 4.52. The van der Waals surface area contributed by atoms with Gasteiger partial charge in [0, 0.05) is 27.1 Å². The van der Waals surface area contributed by atoms with Crippen molar-refractivity contribution in [3.8, 4) is 45.5 Å². The van der Waals surface area contributed by atoms with Gasteiger partial charge in [0.15, 0.2) is 5.82 Å². The van der Waals surface area contributed by atoms with Gasteiger partial charge in [-0.25, -0.2) is 0 Å². The van der Waals surface area contributed by atoms with Crippen LogP contribution in [0, 0.1) is 0 Å². The molecular weight excluding hydrogens is 611 g/mol. The fourth-order valence-electron chi connectivity index (χ4n) is 7.27. The van der Waals surface area contributed by atoms with E-state index in [0.29, 0.717) is 17.7 Å². The molecule has 0 aliphatic heterocycles. The summed E-state index contributed by atoms with van der Waals surface area (Å²) in [7, 11) is 0. The molecule has 5 heteroatoms. The Morgan fingerprint density at radius 2 is 0.660 bits per heavy atom. The minimum atomic E-state index is 0.569. The molecule has 234 valence electrons. The summed E-state index contributed by atoms with van der Waals surface area (Å²) in [6.07, 6.45) is 0. The second kappa shape index (κ2) is 11.4.